The second kappa shape index (κ2) is 6.45. The van der Waals surface area contributed by atoms with Crippen LogP contribution in [0.5, 0.6) is 5.75 Å². The summed E-state index contributed by atoms with van der Waals surface area (Å²) >= 11 is 3.38. The van der Waals surface area contributed by atoms with Crippen LogP contribution in [0.4, 0.5) is 5.82 Å². The number of nitrogens with zero attached hydrogens (tertiary/aromatic N) is 1. The largest absolute Gasteiger partial charge is 0.495 e. The van der Waals surface area contributed by atoms with Gasteiger partial charge in [-0.15, -0.1) is 0 Å². The Kier molecular flexibility index (Phi) is 4.51. The van der Waals surface area contributed by atoms with Gasteiger partial charge in [0, 0.05) is 4.47 Å². The van der Waals surface area contributed by atoms with E-state index in [0.717, 1.165) is 5.56 Å². The Bertz CT molecular complexity index is 998. The zero-order valence-electron chi connectivity index (χ0n) is 13.0. The van der Waals surface area contributed by atoms with E-state index in [-0.39, 0.29) is 16.5 Å². The number of hydrogen-bond donors (Lipinski definition) is 1. The first-order chi connectivity index (χ1) is 11.5. The van der Waals surface area contributed by atoms with E-state index in [9.17, 15) is 8.42 Å². The number of aromatic nitrogens is 1. The summed E-state index contributed by atoms with van der Waals surface area (Å²) in [7, 11) is -2.45. The quantitative estimate of drug-likeness (QED) is 0.687. The van der Waals surface area contributed by atoms with Gasteiger partial charge in [-0.2, -0.15) is 0 Å². The monoisotopic (exact) mass is 410 g/mol. The lowest BCUT2D eigenvalue weighted by Crippen LogP contribution is -2.15. The number of fused-ring (bicyclic) bond motifs is 1. The molecule has 0 amide bonds. The van der Waals surface area contributed by atoms with Gasteiger partial charge in [-0.1, -0.05) is 24.2 Å². The lowest BCUT2D eigenvalue weighted by atomic mass is 10.2. The van der Waals surface area contributed by atoms with Gasteiger partial charge in [-0.25, -0.2) is 8.42 Å². The molecule has 0 atom stereocenters. The van der Waals surface area contributed by atoms with E-state index < -0.39 is 10.0 Å². The van der Waals surface area contributed by atoms with Gasteiger partial charge in [-0.05, 0) is 52.2 Å². The summed E-state index contributed by atoms with van der Waals surface area (Å²) in [5.41, 5.74) is 1.37. The maximum atomic E-state index is 12.8. The predicted octanol–water partition coefficient (Wildman–Crippen LogP) is 3.96. The molecule has 6 nitrogen and oxygen atoms in total. The summed E-state index contributed by atoms with van der Waals surface area (Å²) in [6.45, 7) is 1.95. The van der Waals surface area contributed by atoms with Gasteiger partial charge in [0.2, 0.25) is 0 Å². The van der Waals surface area contributed by atoms with Crippen molar-refractivity contribution >= 4 is 42.7 Å². The molecule has 0 unspecified atom stereocenters. The van der Waals surface area contributed by atoms with Crippen LogP contribution in [0.25, 0.3) is 11.0 Å². The first-order valence-corrected chi connectivity index (χ1v) is 9.47. The molecule has 0 aliphatic rings. The summed E-state index contributed by atoms with van der Waals surface area (Å²) in [4.78, 5) is 0.0625. The van der Waals surface area contributed by atoms with Crippen molar-refractivity contribution in [2.45, 2.75) is 18.2 Å². The molecule has 0 saturated carbocycles. The second-order valence-electron chi connectivity index (χ2n) is 5.09. The minimum absolute atomic E-state index is 0.0625. The van der Waals surface area contributed by atoms with Gasteiger partial charge in [0.1, 0.15) is 10.6 Å². The van der Waals surface area contributed by atoms with Gasteiger partial charge in [-0.3, -0.25) is 4.72 Å². The van der Waals surface area contributed by atoms with Crippen LogP contribution in [0.3, 0.4) is 0 Å². The fourth-order valence-electron chi connectivity index (χ4n) is 2.35. The smallest absolute Gasteiger partial charge is 0.266 e. The maximum absolute atomic E-state index is 12.8. The van der Waals surface area contributed by atoms with Gasteiger partial charge in [0.25, 0.3) is 10.0 Å². The number of sulfonamides is 1. The minimum Gasteiger partial charge on any atom is -0.495 e. The van der Waals surface area contributed by atoms with E-state index >= 15 is 0 Å². The lowest BCUT2D eigenvalue weighted by molar-refractivity contribution is 0.402. The first-order valence-electron chi connectivity index (χ1n) is 7.20. The number of ether oxygens (including phenoxy) is 1. The summed E-state index contributed by atoms with van der Waals surface area (Å²) in [5.74, 6) is 0.396. The van der Waals surface area contributed by atoms with E-state index in [1.165, 1.54) is 7.11 Å². The van der Waals surface area contributed by atoms with Crippen LogP contribution < -0.4 is 9.46 Å². The third-order valence-electron chi connectivity index (χ3n) is 3.60. The molecule has 0 bridgehead atoms. The third-order valence-corrected chi connectivity index (χ3v) is 5.63. The van der Waals surface area contributed by atoms with E-state index in [2.05, 4.69) is 25.8 Å². The van der Waals surface area contributed by atoms with Crippen LogP contribution >= 0.6 is 15.9 Å². The number of anilines is 1. The number of nitrogens with one attached hydrogen (secondary N) is 1. The van der Waals surface area contributed by atoms with Gasteiger partial charge >= 0.3 is 0 Å². The Labute approximate surface area is 148 Å². The molecule has 0 saturated heterocycles. The molecule has 3 rings (SSSR count). The van der Waals surface area contributed by atoms with Crippen LogP contribution in [-0.2, 0) is 16.4 Å². The summed E-state index contributed by atoms with van der Waals surface area (Å²) in [6.07, 6.45) is 0.713. The molecule has 1 N–H and O–H groups in total. The fraction of sp³-hybridized carbons (Fsp3) is 0.188. The summed E-state index contributed by atoms with van der Waals surface area (Å²) in [5, 5.41) is 4.39. The van der Waals surface area contributed by atoms with Gasteiger partial charge in [0.05, 0.1) is 12.5 Å². The second-order valence-corrected chi connectivity index (χ2v) is 7.59. The fourth-order valence-corrected chi connectivity index (χ4v) is 4.12. The van der Waals surface area contributed by atoms with Crippen molar-refractivity contribution in [2.75, 3.05) is 11.8 Å². The molecule has 1 aromatic heterocycles. The highest BCUT2D eigenvalue weighted by molar-refractivity contribution is 9.10. The molecule has 0 aliphatic heterocycles. The molecular formula is C16H15BrN2O4S. The van der Waals surface area contributed by atoms with Gasteiger partial charge < -0.3 is 9.26 Å². The third kappa shape index (κ3) is 2.99. The lowest BCUT2D eigenvalue weighted by Gasteiger charge is -2.11. The van der Waals surface area contributed by atoms with E-state index in [1.807, 2.05) is 13.0 Å². The number of benzene rings is 2. The molecule has 3 aromatic rings. The highest BCUT2D eigenvalue weighted by Gasteiger charge is 2.23. The first kappa shape index (κ1) is 16.8. The van der Waals surface area contributed by atoms with E-state index in [4.69, 9.17) is 9.26 Å². The number of rotatable bonds is 5. The predicted molar refractivity (Wildman–Crippen MR) is 94.9 cm³/mol. The van der Waals surface area contributed by atoms with Gasteiger partial charge in [0.15, 0.2) is 11.4 Å². The summed E-state index contributed by atoms with van der Waals surface area (Å²) in [6, 6.07) is 10.4. The molecule has 0 spiro atoms. The van der Waals surface area contributed by atoms with E-state index in [0.29, 0.717) is 21.9 Å². The standard InChI is InChI=1S/C16H15BrN2O4S/c1-3-10-7-8-12(22-2)14(9-10)24(20,21)19-16-15-11(17)5-4-6-13(15)23-18-16/h4-9H,3H2,1-2H3,(H,18,19). The molecule has 1 heterocycles. The Morgan fingerprint density at radius 1 is 1.29 bits per heavy atom. The van der Waals surface area contributed by atoms with Crippen LogP contribution in [0, 0.1) is 0 Å². The minimum atomic E-state index is -3.89. The molecule has 24 heavy (non-hydrogen) atoms. The maximum Gasteiger partial charge on any atom is 0.266 e. The molecule has 8 heteroatoms. The van der Waals surface area contributed by atoms with Crippen molar-refractivity contribution < 1.29 is 17.7 Å². The normalized spacial score (nSPS) is 11.6. The Morgan fingerprint density at radius 3 is 2.79 bits per heavy atom. The Morgan fingerprint density at radius 2 is 2.08 bits per heavy atom. The molecular weight excluding hydrogens is 396 g/mol. The molecule has 0 radical (unpaired) electrons. The van der Waals surface area contributed by atoms with Crippen molar-refractivity contribution in [3.63, 3.8) is 0 Å². The van der Waals surface area contributed by atoms with Crippen molar-refractivity contribution in [1.29, 1.82) is 0 Å². The Balaban J connectivity index is 2.08. The van der Waals surface area contributed by atoms with Crippen LogP contribution in [0.2, 0.25) is 0 Å². The van der Waals surface area contributed by atoms with E-state index in [1.54, 1.807) is 30.3 Å². The number of hydrogen-bond acceptors (Lipinski definition) is 5. The van der Waals surface area contributed by atoms with Crippen molar-refractivity contribution in [3.8, 4) is 5.75 Å². The highest BCUT2D eigenvalue weighted by Crippen LogP contribution is 2.33. The molecule has 0 aliphatic carbocycles. The zero-order valence-corrected chi connectivity index (χ0v) is 15.4. The number of halogens is 1. The summed E-state index contributed by atoms with van der Waals surface area (Å²) < 4.78 is 39.2. The molecule has 0 fully saturated rings. The Hall–Kier alpha value is -2.06. The van der Waals surface area contributed by atoms with Crippen LogP contribution in [-0.4, -0.2) is 20.7 Å². The number of aryl methyl sites for hydroxylation is 1. The topological polar surface area (TPSA) is 81.4 Å². The molecule has 126 valence electrons. The van der Waals surface area contributed by atoms with Crippen molar-refractivity contribution in [1.82, 2.24) is 5.16 Å². The van der Waals surface area contributed by atoms with Crippen LogP contribution in [0.1, 0.15) is 12.5 Å². The van der Waals surface area contributed by atoms with Crippen molar-refractivity contribution in [3.05, 3.63) is 46.4 Å². The molecule has 2 aromatic carbocycles. The average molecular weight is 411 g/mol. The number of methoxy groups -OCH3 is 1. The SMILES string of the molecule is CCc1ccc(OC)c(S(=O)(=O)Nc2noc3cccc(Br)c23)c1. The highest BCUT2D eigenvalue weighted by atomic mass is 79.9. The average Bonchev–Trinajstić information content (AvgIpc) is 2.98. The van der Waals surface area contributed by atoms with Crippen LogP contribution in [0.15, 0.2) is 50.3 Å². The van der Waals surface area contributed by atoms with Crippen molar-refractivity contribution in [2.24, 2.45) is 0 Å². The zero-order chi connectivity index (χ0) is 17.3.